The third-order valence-corrected chi connectivity index (χ3v) is 3.43. The van der Waals surface area contributed by atoms with Gasteiger partial charge in [-0.1, -0.05) is 51.5 Å². The Balaban J connectivity index is 2.21. The van der Waals surface area contributed by atoms with E-state index in [4.69, 9.17) is 5.73 Å². The normalized spacial score (nSPS) is 12.6. The van der Waals surface area contributed by atoms with Gasteiger partial charge in [0.2, 0.25) is 0 Å². The molecular weight excluding hydrogens is 244 g/mol. The molecule has 0 saturated carbocycles. The van der Waals surface area contributed by atoms with Crippen LogP contribution in [-0.2, 0) is 6.42 Å². The summed E-state index contributed by atoms with van der Waals surface area (Å²) in [6, 6.07) is 3.67. The van der Waals surface area contributed by atoms with Crippen molar-refractivity contribution in [2.24, 2.45) is 5.73 Å². The fourth-order valence-electron chi connectivity index (χ4n) is 2.26. The van der Waals surface area contributed by atoms with Gasteiger partial charge >= 0.3 is 0 Å². The first kappa shape index (κ1) is 16.1. The fourth-order valence-corrected chi connectivity index (χ4v) is 2.26. The van der Waals surface area contributed by atoms with Gasteiger partial charge in [-0.15, -0.1) is 0 Å². The molecule has 0 aliphatic carbocycles. The summed E-state index contributed by atoms with van der Waals surface area (Å²) in [6.45, 7) is 2.20. The zero-order valence-corrected chi connectivity index (χ0v) is 11.8. The Morgan fingerprint density at radius 3 is 2.42 bits per heavy atom. The van der Waals surface area contributed by atoms with Crippen molar-refractivity contribution in [2.75, 3.05) is 0 Å². The summed E-state index contributed by atoms with van der Waals surface area (Å²) in [5.41, 5.74) is 6.51. The Labute approximate surface area is 115 Å². The second-order valence-corrected chi connectivity index (χ2v) is 5.26. The van der Waals surface area contributed by atoms with E-state index < -0.39 is 11.6 Å². The first-order valence-corrected chi connectivity index (χ1v) is 7.33. The zero-order valence-electron chi connectivity index (χ0n) is 11.8. The highest BCUT2D eigenvalue weighted by atomic mass is 19.1. The van der Waals surface area contributed by atoms with Crippen molar-refractivity contribution in [1.29, 1.82) is 0 Å². The van der Waals surface area contributed by atoms with Crippen molar-refractivity contribution >= 4 is 0 Å². The van der Waals surface area contributed by atoms with Crippen LogP contribution in [0.4, 0.5) is 8.78 Å². The van der Waals surface area contributed by atoms with Crippen LogP contribution in [0.2, 0.25) is 0 Å². The molecule has 3 heteroatoms. The molecule has 0 aromatic heterocycles. The van der Waals surface area contributed by atoms with Crippen LogP contribution in [0, 0.1) is 11.6 Å². The topological polar surface area (TPSA) is 26.0 Å². The average Bonchev–Trinajstić information content (AvgIpc) is 2.37. The summed E-state index contributed by atoms with van der Waals surface area (Å²) in [7, 11) is 0. The quantitative estimate of drug-likeness (QED) is 0.652. The second-order valence-electron chi connectivity index (χ2n) is 5.26. The van der Waals surface area contributed by atoms with Gasteiger partial charge in [-0.25, -0.2) is 8.78 Å². The van der Waals surface area contributed by atoms with Crippen molar-refractivity contribution in [3.63, 3.8) is 0 Å². The maximum absolute atomic E-state index is 13.4. The molecular formula is C16H25F2N. The van der Waals surface area contributed by atoms with Gasteiger partial charge in [0.05, 0.1) is 0 Å². The lowest BCUT2D eigenvalue weighted by molar-refractivity contribution is 0.517. The molecule has 0 bridgehead atoms. The van der Waals surface area contributed by atoms with Crippen molar-refractivity contribution < 1.29 is 8.78 Å². The fraction of sp³-hybridized carbons (Fsp3) is 0.625. The van der Waals surface area contributed by atoms with Crippen LogP contribution >= 0.6 is 0 Å². The van der Waals surface area contributed by atoms with Crippen LogP contribution in [0.1, 0.15) is 57.4 Å². The molecule has 1 rings (SSSR count). The van der Waals surface area contributed by atoms with Gasteiger partial charge in [-0.3, -0.25) is 0 Å². The SMILES string of the molecule is CCCCCCCCC(N)Cc1ccc(F)cc1F. The summed E-state index contributed by atoms with van der Waals surface area (Å²) < 4.78 is 26.2. The van der Waals surface area contributed by atoms with Gasteiger partial charge in [-0.05, 0) is 24.5 Å². The van der Waals surface area contributed by atoms with E-state index >= 15 is 0 Å². The maximum atomic E-state index is 13.4. The lowest BCUT2D eigenvalue weighted by Gasteiger charge is -2.12. The van der Waals surface area contributed by atoms with Crippen LogP contribution in [0.5, 0.6) is 0 Å². The predicted molar refractivity (Wildman–Crippen MR) is 76.0 cm³/mol. The Morgan fingerprint density at radius 1 is 1.05 bits per heavy atom. The summed E-state index contributed by atoms with van der Waals surface area (Å²) in [5, 5.41) is 0. The molecule has 0 amide bonds. The van der Waals surface area contributed by atoms with Crippen molar-refractivity contribution in [3.05, 3.63) is 35.4 Å². The Hall–Kier alpha value is -0.960. The molecule has 1 aromatic rings. The van der Waals surface area contributed by atoms with Crippen molar-refractivity contribution in [2.45, 2.75) is 64.3 Å². The molecule has 1 atom stereocenters. The first-order chi connectivity index (χ1) is 9.13. The average molecular weight is 269 g/mol. The minimum Gasteiger partial charge on any atom is -0.327 e. The number of halogens is 2. The number of rotatable bonds is 9. The standard InChI is InChI=1S/C16H25F2N/c1-2-3-4-5-6-7-8-15(19)11-13-9-10-14(17)12-16(13)18/h9-10,12,15H,2-8,11,19H2,1H3. The third kappa shape index (κ3) is 6.67. The molecule has 0 saturated heterocycles. The minimum absolute atomic E-state index is 0.0360. The van der Waals surface area contributed by atoms with Crippen LogP contribution < -0.4 is 5.73 Å². The molecule has 0 aliphatic rings. The van der Waals surface area contributed by atoms with Gasteiger partial charge in [0, 0.05) is 12.1 Å². The predicted octanol–water partition coefficient (Wildman–Crippen LogP) is 4.59. The van der Waals surface area contributed by atoms with Crippen molar-refractivity contribution in [1.82, 2.24) is 0 Å². The van der Waals surface area contributed by atoms with E-state index in [1.165, 1.54) is 44.2 Å². The molecule has 0 fully saturated rings. The molecule has 0 radical (unpaired) electrons. The monoisotopic (exact) mass is 269 g/mol. The van der Waals surface area contributed by atoms with E-state index in [-0.39, 0.29) is 6.04 Å². The molecule has 108 valence electrons. The van der Waals surface area contributed by atoms with Gasteiger partial charge < -0.3 is 5.73 Å². The third-order valence-electron chi connectivity index (χ3n) is 3.43. The van der Waals surface area contributed by atoms with Gasteiger partial charge in [0.1, 0.15) is 11.6 Å². The van der Waals surface area contributed by atoms with E-state index in [1.807, 2.05) is 0 Å². The van der Waals surface area contributed by atoms with Crippen LogP contribution in [0.25, 0.3) is 0 Å². The number of hydrogen-bond donors (Lipinski definition) is 1. The first-order valence-electron chi connectivity index (χ1n) is 7.33. The van der Waals surface area contributed by atoms with E-state index in [0.29, 0.717) is 12.0 Å². The Kier molecular flexibility index (Phi) is 7.65. The number of unbranched alkanes of at least 4 members (excludes halogenated alkanes) is 5. The van der Waals surface area contributed by atoms with E-state index in [0.717, 1.165) is 18.9 Å². The van der Waals surface area contributed by atoms with Crippen molar-refractivity contribution in [3.8, 4) is 0 Å². The summed E-state index contributed by atoms with van der Waals surface area (Å²) in [6.07, 6.45) is 8.78. The highest BCUT2D eigenvalue weighted by molar-refractivity contribution is 5.19. The van der Waals surface area contributed by atoms with Gasteiger partial charge in [-0.2, -0.15) is 0 Å². The molecule has 1 aromatic carbocycles. The number of hydrogen-bond acceptors (Lipinski definition) is 1. The number of nitrogens with two attached hydrogens (primary N) is 1. The second kappa shape index (κ2) is 9.03. The van der Waals surface area contributed by atoms with Gasteiger partial charge in [0.25, 0.3) is 0 Å². The zero-order chi connectivity index (χ0) is 14.1. The summed E-state index contributed by atoms with van der Waals surface area (Å²) >= 11 is 0. The Morgan fingerprint density at radius 2 is 1.74 bits per heavy atom. The maximum Gasteiger partial charge on any atom is 0.129 e. The van der Waals surface area contributed by atoms with Crippen LogP contribution in [0.3, 0.4) is 0 Å². The Bertz CT molecular complexity index is 366. The summed E-state index contributed by atoms with van der Waals surface area (Å²) in [5.74, 6) is -1.02. The smallest absolute Gasteiger partial charge is 0.129 e. The lowest BCUT2D eigenvalue weighted by Crippen LogP contribution is -2.23. The van der Waals surface area contributed by atoms with E-state index in [2.05, 4.69) is 6.92 Å². The summed E-state index contributed by atoms with van der Waals surface area (Å²) in [4.78, 5) is 0. The molecule has 1 nitrogen and oxygen atoms in total. The van der Waals surface area contributed by atoms with E-state index in [1.54, 1.807) is 0 Å². The molecule has 19 heavy (non-hydrogen) atoms. The van der Waals surface area contributed by atoms with Crippen LogP contribution in [0.15, 0.2) is 18.2 Å². The highest BCUT2D eigenvalue weighted by Gasteiger charge is 2.09. The van der Waals surface area contributed by atoms with Crippen LogP contribution in [-0.4, -0.2) is 6.04 Å². The molecule has 0 spiro atoms. The lowest BCUT2D eigenvalue weighted by atomic mass is 10.00. The largest absolute Gasteiger partial charge is 0.327 e. The van der Waals surface area contributed by atoms with E-state index in [9.17, 15) is 8.78 Å². The molecule has 1 unspecified atom stereocenters. The molecule has 0 heterocycles. The number of benzene rings is 1. The molecule has 0 aliphatic heterocycles. The molecule has 2 N–H and O–H groups in total. The highest BCUT2D eigenvalue weighted by Crippen LogP contribution is 2.14. The van der Waals surface area contributed by atoms with Gasteiger partial charge in [0.15, 0.2) is 0 Å². The minimum atomic E-state index is -0.536.